The summed E-state index contributed by atoms with van der Waals surface area (Å²) in [4.78, 5) is 15.9. The van der Waals surface area contributed by atoms with Crippen LogP contribution in [0.2, 0.25) is 0 Å². The Hall–Kier alpha value is -2.89. The predicted molar refractivity (Wildman–Crippen MR) is 121 cm³/mol. The van der Waals surface area contributed by atoms with Crippen LogP contribution in [0.4, 0.5) is 0 Å². The number of aromatic nitrogens is 4. The molecule has 0 bridgehead atoms. The van der Waals surface area contributed by atoms with Gasteiger partial charge >= 0.3 is 5.97 Å². The van der Waals surface area contributed by atoms with E-state index in [-0.39, 0.29) is 18.1 Å². The fourth-order valence-corrected chi connectivity index (χ4v) is 4.45. The highest BCUT2D eigenvalue weighted by Gasteiger charge is 2.27. The summed E-state index contributed by atoms with van der Waals surface area (Å²) in [6.07, 6.45) is 10.8. The van der Waals surface area contributed by atoms with E-state index in [1.807, 2.05) is 32.3 Å². The fourth-order valence-electron chi connectivity index (χ4n) is 4.45. The average Bonchev–Trinajstić information content (AvgIpc) is 3.31. The number of rotatable bonds is 10. The van der Waals surface area contributed by atoms with Gasteiger partial charge in [-0.3, -0.25) is 4.79 Å². The van der Waals surface area contributed by atoms with Crippen molar-refractivity contribution in [3.05, 3.63) is 72.3 Å². The van der Waals surface area contributed by atoms with E-state index >= 15 is 0 Å². The minimum absolute atomic E-state index is 0.143. The van der Waals surface area contributed by atoms with Gasteiger partial charge in [0.15, 0.2) is 0 Å². The number of benzene rings is 1. The van der Waals surface area contributed by atoms with Crippen molar-refractivity contribution in [3.8, 4) is 0 Å². The number of hydrogen-bond donors (Lipinski definition) is 0. The minimum Gasteiger partial charge on any atom is -0.463 e. The van der Waals surface area contributed by atoms with E-state index in [0.29, 0.717) is 6.04 Å². The van der Waals surface area contributed by atoms with Gasteiger partial charge < -0.3 is 9.30 Å². The third-order valence-corrected chi connectivity index (χ3v) is 6.03. The summed E-state index contributed by atoms with van der Waals surface area (Å²) in [5.74, 6) is 1.99. The van der Waals surface area contributed by atoms with Gasteiger partial charge in [0.1, 0.15) is 36.9 Å². The first kappa shape index (κ1) is 22.8. The Bertz CT molecular complexity index is 977. The molecule has 0 amide bonds. The minimum atomic E-state index is -0.233. The molecule has 0 spiro atoms. The van der Waals surface area contributed by atoms with Crippen LogP contribution >= 0.6 is 0 Å². The Morgan fingerprint density at radius 3 is 2.45 bits per heavy atom. The van der Waals surface area contributed by atoms with E-state index in [9.17, 15) is 4.79 Å². The van der Waals surface area contributed by atoms with Crippen LogP contribution in [0.5, 0.6) is 0 Å². The van der Waals surface area contributed by atoms with Crippen molar-refractivity contribution < 1.29 is 14.1 Å². The summed E-state index contributed by atoms with van der Waals surface area (Å²) in [6.45, 7) is 10.8. The third-order valence-electron chi connectivity index (χ3n) is 6.03. The lowest BCUT2D eigenvalue weighted by atomic mass is 9.99. The second kappa shape index (κ2) is 10.4. The Morgan fingerprint density at radius 2 is 1.84 bits per heavy atom. The van der Waals surface area contributed by atoms with Crippen molar-refractivity contribution in [3.63, 3.8) is 0 Å². The molecule has 0 aliphatic rings. The fraction of sp³-hybridized carbons (Fsp3) is 0.480. The quantitative estimate of drug-likeness (QED) is 0.355. The lowest BCUT2D eigenvalue weighted by Gasteiger charge is -2.26. The van der Waals surface area contributed by atoms with Crippen LogP contribution in [0.15, 0.2) is 55.1 Å². The molecule has 0 N–H and O–H groups in total. The van der Waals surface area contributed by atoms with Crippen LogP contribution in [0.1, 0.15) is 69.3 Å². The number of hydrogen-bond acceptors (Lipinski definition) is 3. The van der Waals surface area contributed by atoms with Gasteiger partial charge in [0.05, 0.1) is 0 Å². The van der Waals surface area contributed by atoms with Crippen molar-refractivity contribution in [1.29, 1.82) is 0 Å². The first-order valence-electron chi connectivity index (χ1n) is 11.2. The van der Waals surface area contributed by atoms with Crippen LogP contribution in [-0.4, -0.2) is 26.2 Å². The maximum absolute atomic E-state index is 11.4. The predicted octanol–water partition coefficient (Wildman–Crippen LogP) is 4.56. The molecular formula is C25H35N4O2+. The first-order chi connectivity index (χ1) is 14.9. The topological polar surface area (TPSA) is 52.9 Å². The van der Waals surface area contributed by atoms with Crippen LogP contribution in [-0.2, 0) is 16.1 Å². The number of esters is 1. The number of imidazole rings is 2. The van der Waals surface area contributed by atoms with Gasteiger partial charge in [-0.15, -0.1) is 0 Å². The summed E-state index contributed by atoms with van der Waals surface area (Å²) in [6, 6.07) is 11.1. The normalized spacial score (nSPS) is 14.2. The second-order valence-corrected chi connectivity index (χ2v) is 8.36. The monoisotopic (exact) mass is 423 g/mol. The van der Waals surface area contributed by atoms with Crippen molar-refractivity contribution in [1.82, 2.24) is 14.1 Å². The van der Waals surface area contributed by atoms with E-state index in [0.717, 1.165) is 31.6 Å². The zero-order valence-electron chi connectivity index (χ0n) is 19.4. The summed E-state index contributed by atoms with van der Waals surface area (Å²) in [5.41, 5.74) is 1.29. The molecule has 3 unspecified atom stereocenters. The van der Waals surface area contributed by atoms with Crippen LogP contribution < -0.4 is 4.57 Å². The SMILES string of the molecule is CCC(CC(CC(C)OC(C)=O)n1ccnc1C)n1cc[n+](Cc2ccccc2)c1C. The number of carbonyl (C=O) groups excluding carboxylic acids is 1. The Balaban J connectivity index is 1.81. The molecule has 166 valence electrons. The van der Waals surface area contributed by atoms with Gasteiger partial charge in [-0.05, 0) is 25.8 Å². The molecule has 6 nitrogen and oxygen atoms in total. The van der Waals surface area contributed by atoms with Gasteiger partial charge in [0.2, 0.25) is 0 Å². The average molecular weight is 424 g/mol. The van der Waals surface area contributed by atoms with E-state index in [1.165, 1.54) is 18.3 Å². The van der Waals surface area contributed by atoms with Crippen molar-refractivity contribution in [2.75, 3.05) is 0 Å². The summed E-state index contributed by atoms with van der Waals surface area (Å²) < 4.78 is 12.4. The van der Waals surface area contributed by atoms with E-state index in [4.69, 9.17) is 4.74 Å². The molecule has 6 heteroatoms. The molecule has 3 aromatic rings. The molecule has 0 aliphatic heterocycles. The van der Waals surface area contributed by atoms with Gasteiger partial charge in [0, 0.05) is 45.1 Å². The van der Waals surface area contributed by atoms with Crippen molar-refractivity contribution >= 4 is 5.97 Å². The molecule has 31 heavy (non-hydrogen) atoms. The highest BCUT2D eigenvalue weighted by Crippen LogP contribution is 2.30. The number of nitrogens with zero attached hydrogens (tertiary/aromatic N) is 4. The number of ether oxygens (including phenoxy) is 1. The highest BCUT2D eigenvalue weighted by molar-refractivity contribution is 5.66. The zero-order chi connectivity index (χ0) is 22.4. The molecule has 3 rings (SSSR count). The first-order valence-corrected chi connectivity index (χ1v) is 11.2. The maximum atomic E-state index is 11.4. The molecule has 2 heterocycles. The Labute approximate surface area is 185 Å². The lowest BCUT2D eigenvalue weighted by molar-refractivity contribution is -0.694. The number of aryl methyl sites for hydroxylation is 1. The van der Waals surface area contributed by atoms with E-state index in [1.54, 1.807) is 0 Å². The van der Waals surface area contributed by atoms with Gasteiger partial charge in [-0.25, -0.2) is 14.1 Å². The Kier molecular flexibility index (Phi) is 7.66. The summed E-state index contributed by atoms with van der Waals surface area (Å²) >= 11 is 0. The lowest BCUT2D eigenvalue weighted by Crippen LogP contribution is -2.36. The maximum Gasteiger partial charge on any atom is 0.302 e. The molecule has 0 saturated carbocycles. The van der Waals surface area contributed by atoms with Crippen LogP contribution in [0.25, 0.3) is 0 Å². The standard InChI is InChI=1S/C25H35N4O2/c1-6-24(29-15-14-27(21(29)4)18-23-10-8-7-9-11-23)17-25(16-19(2)31-22(5)30)28-13-12-26-20(28)3/h7-15,19,24-25H,6,16-18H2,1-5H3/q+1. The zero-order valence-corrected chi connectivity index (χ0v) is 19.4. The summed E-state index contributed by atoms with van der Waals surface area (Å²) in [7, 11) is 0. The van der Waals surface area contributed by atoms with E-state index in [2.05, 4.69) is 69.2 Å². The largest absolute Gasteiger partial charge is 0.463 e. The van der Waals surface area contributed by atoms with Crippen molar-refractivity contribution in [2.45, 2.75) is 78.6 Å². The smallest absolute Gasteiger partial charge is 0.302 e. The Morgan fingerprint density at radius 1 is 1.10 bits per heavy atom. The van der Waals surface area contributed by atoms with Gasteiger partial charge in [0.25, 0.3) is 5.82 Å². The molecule has 2 aromatic heterocycles. The molecule has 3 atom stereocenters. The molecule has 0 fully saturated rings. The second-order valence-electron chi connectivity index (χ2n) is 8.36. The highest BCUT2D eigenvalue weighted by atomic mass is 16.5. The van der Waals surface area contributed by atoms with Crippen LogP contribution in [0, 0.1) is 13.8 Å². The van der Waals surface area contributed by atoms with Gasteiger partial charge in [-0.2, -0.15) is 0 Å². The molecule has 1 aromatic carbocycles. The third kappa shape index (κ3) is 5.84. The molecular weight excluding hydrogens is 388 g/mol. The molecule has 0 radical (unpaired) electrons. The number of carbonyl (C=O) groups is 1. The van der Waals surface area contributed by atoms with Crippen LogP contribution in [0.3, 0.4) is 0 Å². The molecule has 0 aliphatic carbocycles. The van der Waals surface area contributed by atoms with Crippen molar-refractivity contribution in [2.24, 2.45) is 0 Å². The molecule has 0 saturated heterocycles. The summed E-state index contributed by atoms with van der Waals surface area (Å²) in [5, 5.41) is 0. The van der Waals surface area contributed by atoms with E-state index < -0.39 is 0 Å². The van der Waals surface area contributed by atoms with Gasteiger partial charge in [-0.1, -0.05) is 37.3 Å².